The summed E-state index contributed by atoms with van der Waals surface area (Å²) >= 11 is 0. The van der Waals surface area contributed by atoms with Crippen molar-refractivity contribution in [3.63, 3.8) is 0 Å². The van der Waals surface area contributed by atoms with E-state index >= 15 is 0 Å². The van der Waals surface area contributed by atoms with Crippen LogP contribution < -0.4 is 5.73 Å². The lowest BCUT2D eigenvalue weighted by atomic mass is 9.66. The van der Waals surface area contributed by atoms with Crippen molar-refractivity contribution in [1.82, 2.24) is 0 Å². The van der Waals surface area contributed by atoms with Gasteiger partial charge in [-0.05, 0) is 6.42 Å². The average Bonchev–Trinajstić information content (AvgIpc) is 2.23. The van der Waals surface area contributed by atoms with Crippen molar-refractivity contribution >= 4 is 0 Å². The van der Waals surface area contributed by atoms with Gasteiger partial charge in [0.25, 0.3) is 0 Å². The van der Waals surface area contributed by atoms with Gasteiger partial charge in [-0.15, -0.1) is 0 Å². The molecule has 0 radical (unpaired) electrons. The van der Waals surface area contributed by atoms with Crippen LogP contribution in [0.1, 0.15) is 6.42 Å². The van der Waals surface area contributed by atoms with Crippen molar-refractivity contribution in [2.45, 2.75) is 24.2 Å². The molecule has 90 valence electrons. The number of nitrogens with two attached hydrogens (primary N) is 1. The SMILES string of the molecule is N[C@H]1C[C@@](O)(CO)[C@H](CO)[C@H](CO)[C@@H]1O. The van der Waals surface area contributed by atoms with E-state index in [4.69, 9.17) is 21.1 Å². The van der Waals surface area contributed by atoms with Crippen LogP contribution in [0.25, 0.3) is 0 Å². The smallest absolute Gasteiger partial charge is 0.0947 e. The Morgan fingerprint density at radius 1 is 1.20 bits per heavy atom. The Hall–Kier alpha value is -0.240. The highest BCUT2D eigenvalue weighted by Gasteiger charge is 2.50. The predicted molar refractivity (Wildman–Crippen MR) is 51.8 cm³/mol. The van der Waals surface area contributed by atoms with Crippen molar-refractivity contribution < 1.29 is 25.5 Å². The molecule has 1 rings (SSSR count). The number of aliphatic hydroxyl groups is 5. The predicted octanol–water partition coefficient (Wildman–Crippen LogP) is -2.98. The normalized spacial score (nSPS) is 46.8. The van der Waals surface area contributed by atoms with Crippen molar-refractivity contribution in [3.8, 4) is 0 Å². The molecular weight excluding hydrogens is 202 g/mol. The monoisotopic (exact) mass is 221 g/mol. The van der Waals surface area contributed by atoms with Crippen LogP contribution in [0.2, 0.25) is 0 Å². The number of aliphatic hydroxyl groups excluding tert-OH is 4. The minimum atomic E-state index is -1.53. The molecule has 0 saturated heterocycles. The fourth-order valence-corrected chi connectivity index (χ4v) is 2.36. The molecule has 0 aromatic heterocycles. The summed E-state index contributed by atoms with van der Waals surface area (Å²) in [5.74, 6) is -1.47. The zero-order valence-corrected chi connectivity index (χ0v) is 8.45. The average molecular weight is 221 g/mol. The molecule has 0 aromatic rings. The zero-order valence-electron chi connectivity index (χ0n) is 8.45. The van der Waals surface area contributed by atoms with E-state index in [1.807, 2.05) is 0 Å². The van der Waals surface area contributed by atoms with Crippen LogP contribution in [0.3, 0.4) is 0 Å². The topological polar surface area (TPSA) is 127 Å². The summed E-state index contributed by atoms with van der Waals surface area (Å²) in [5, 5.41) is 47.0. The van der Waals surface area contributed by atoms with Gasteiger partial charge < -0.3 is 31.3 Å². The first-order chi connectivity index (χ1) is 7.00. The van der Waals surface area contributed by atoms with E-state index in [0.717, 1.165) is 0 Å². The molecule has 0 aliphatic heterocycles. The van der Waals surface area contributed by atoms with Gasteiger partial charge in [0, 0.05) is 31.1 Å². The summed E-state index contributed by atoms with van der Waals surface area (Å²) in [5.41, 5.74) is 4.07. The molecule has 1 aliphatic rings. The summed E-state index contributed by atoms with van der Waals surface area (Å²) in [6.07, 6.45) is -0.967. The Labute approximate surface area is 88.0 Å². The van der Waals surface area contributed by atoms with Crippen LogP contribution in [-0.2, 0) is 0 Å². The Morgan fingerprint density at radius 3 is 2.20 bits per heavy atom. The molecule has 6 heteroatoms. The first kappa shape index (κ1) is 12.8. The van der Waals surface area contributed by atoms with E-state index in [1.54, 1.807) is 0 Å². The van der Waals surface area contributed by atoms with Gasteiger partial charge in [0.05, 0.1) is 18.3 Å². The second-order valence-electron chi connectivity index (χ2n) is 4.26. The Bertz CT molecular complexity index is 215. The molecule has 0 spiro atoms. The lowest BCUT2D eigenvalue weighted by Gasteiger charge is -2.47. The maximum absolute atomic E-state index is 10.0. The van der Waals surface area contributed by atoms with E-state index in [1.165, 1.54) is 0 Å². The number of hydrogen-bond donors (Lipinski definition) is 6. The van der Waals surface area contributed by atoms with Gasteiger partial charge in [0.15, 0.2) is 0 Å². The lowest BCUT2D eigenvalue weighted by Crippen LogP contribution is -2.62. The Balaban J connectivity index is 2.93. The van der Waals surface area contributed by atoms with E-state index < -0.39 is 42.8 Å². The molecule has 1 aliphatic carbocycles. The van der Waals surface area contributed by atoms with Crippen molar-refractivity contribution in [1.29, 1.82) is 0 Å². The van der Waals surface area contributed by atoms with E-state index in [9.17, 15) is 10.2 Å². The molecule has 1 fully saturated rings. The van der Waals surface area contributed by atoms with E-state index in [2.05, 4.69) is 0 Å². The second kappa shape index (κ2) is 4.73. The van der Waals surface area contributed by atoms with Gasteiger partial charge in [-0.25, -0.2) is 0 Å². The van der Waals surface area contributed by atoms with Crippen LogP contribution in [-0.4, -0.2) is 63.1 Å². The molecule has 0 amide bonds. The van der Waals surface area contributed by atoms with Gasteiger partial charge in [-0.2, -0.15) is 0 Å². The highest BCUT2D eigenvalue weighted by atomic mass is 16.3. The molecule has 0 aromatic carbocycles. The van der Waals surface area contributed by atoms with Crippen molar-refractivity contribution in [2.75, 3.05) is 19.8 Å². The second-order valence-corrected chi connectivity index (χ2v) is 4.26. The van der Waals surface area contributed by atoms with Crippen molar-refractivity contribution in [2.24, 2.45) is 17.6 Å². The highest BCUT2D eigenvalue weighted by molar-refractivity contribution is 5.02. The van der Waals surface area contributed by atoms with Gasteiger partial charge in [-0.3, -0.25) is 0 Å². The molecule has 5 atom stereocenters. The molecular formula is C9H19NO5. The minimum Gasteiger partial charge on any atom is -0.396 e. The van der Waals surface area contributed by atoms with Gasteiger partial charge >= 0.3 is 0 Å². The quantitative estimate of drug-likeness (QED) is 0.302. The minimum absolute atomic E-state index is 0.00634. The maximum atomic E-state index is 10.0. The highest BCUT2D eigenvalue weighted by Crippen LogP contribution is 2.37. The van der Waals surface area contributed by atoms with Crippen LogP contribution in [0.15, 0.2) is 0 Å². The fourth-order valence-electron chi connectivity index (χ4n) is 2.36. The molecule has 0 bridgehead atoms. The van der Waals surface area contributed by atoms with E-state index in [-0.39, 0.29) is 13.0 Å². The van der Waals surface area contributed by atoms with Crippen molar-refractivity contribution in [3.05, 3.63) is 0 Å². The fraction of sp³-hybridized carbons (Fsp3) is 1.00. The standard InChI is InChI=1S/C9H19NO5/c10-7-1-9(15,4-13)6(3-12)5(2-11)8(7)14/h5-8,11-15H,1-4,10H2/t5-,6+,7-,8-,9+/m0/s1. The summed E-state index contributed by atoms with van der Waals surface area (Å²) in [7, 11) is 0. The van der Waals surface area contributed by atoms with Crippen LogP contribution in [0.5, 0.6) is 0 Å². The third-order valence-electron chi connectivity index (χ3n) is 3.35. The lowest BCUT2D eigenvalue weighted by molar-refractivity contribution is -0.165. The summed E-state index contributed by atoms with van der Waals surface area (Å²) in [6, 6.07) is -0.706. The van der Waals surface area contributed by atoms with Gasteiger partial charge in [0.1, 0.15) is 0 Å². The summed E-state index contributed by atoms with van der Waals surface area (Å²) in [4.78, 5) is 0. The largest absolute Gasteiger partial charge is 0.396 e. The molecule has 15 heavy (non-hydrogen) atoms. The van der Waals surface area contributed by atoms with Crippen LogP contribution >= 0.6 is 0 Å². The third-order valence-corrected chi connectivity index (χ3v) is 3.35. The first-order valence-corrected chi connectivity index (χ1v) is 4.98. The molecule has 6 nitrogen and oxygen atoms in total. The molecule has 1 saturated carbocycles. The first-order valence-electron chi connectivity index (χ1n) is 4.98. The molecule has 0 unspecified atom stereocenters. The van der Waals surface area contributed by atoms with Crippen LogP contribution in [0, 0.1) is 11.8 Å². The molecule has 0 heterocycles. The zero-order chi connectivity index (χ0) is 11.6. The molecule has 7 N–H and O–H groups in total. The van der Waals surface area contributed by atoms with Gasteiger partial charge in [0.2, 0.25) is 0 Å². The number of hydrogen-bond acceptors (Lipinski definition) is 6. The summed E-state index contributed by atoms with van der Waals surface area (Å²) < 4.78 is 0. The Morgan fingerprint density at radius 2 is 1.80 bits per heavy atom. The summed E-state index contributed by atoms with van der Waals surface area (Å²) in [6.45, 7) is -1.34. The van der Waals surface area contributed by atoms with Gasteiger partial charge in [-0.1, -0.05) is 0 Å². The Kier molecular flexibility index (Phi) is 4.05. The van der Waals surface area contributed by atoms with E-state index in [0.29, 0.717) is 0 Å². The maximum Gasteiger partial charge on any atom is 0.0947 e. The van der Waals surface area contributed by atoms with Crippen LogP contribution in [0.4, 0.5) is 0 Å². The third kappa shape index (κ3) is 2.15. The number of rotatable bonds is 3.